The molecular formula is C17H23FN6O2. The average molecular weight is 362 g/mol. The predicted molar refractivity (Wildman–Crippen MR) is 98.1 cm³/mol. The Balaban J connectivity index is 2.38. The summed E-state index contributed by atoms with van der Waals surface area (Å²) in [6.45, 7) is 5.89. The molecule has 0 spiro atoms. The van der Waals surface area contributed by atoms with E-state index in [1.807, 2.05) is 6.92 Å². The third-order valence-electron chi connectivity index (χ3n) is 3.68. The fourth-order valence-electron chi connectivity index (χ4n) is 2.07. The Morgan fingerprint density at radius 3 is 2.69 bits per heavy atom. The van der Waals surface area contributed by atoms with Crippen molar-refractivity contribution in [2.45, 2.75) is 32.9 Å². The molecule has 0 fully saturated rings. The molecule has 0 aliphatic rings. The van der Waals surface area contributed by atoms with E-state index >= 15 is 0 Å². The lowest BCUT2D eigenvalue weighted by atomic mass is 10.2. The molecular weight excluding hydrogens is 339 g/mol. The van der Waals surface area contributed by atoms with Gasteiger partial charge in [0, 0.05) is 30.0 Å². The van der Waals surface area contributed by atoms with Crippen molar-refractivity contribution in [3.05, 3.63) is 35.8 Å². The largest absolute Gasteiger partial charge is 0.478 e. The number of anilines is 3. The summed E-state index contributed by atoms with van der Waals surface area (Å²) in [6, 6.07) is 3.89. The highest BCUT2D eigenvalue weighted by molar-refractivity contribution is 5.98. The van der Waals surface area contributed by atoms with Gasteiger partial charge in [-0.05, 0) is 32.9 Å². The molecule has 0 saturated carbocycles. The second-order valence-electron chi connectivity index (χ2n) is 5.81. The lowest BCUT2D eigenvalue weighted by Crippen LogP contribution is -2.35. The number of hydrogen-bond acceptors (Lipinski definition) is 7. The van der Waals surface area contributed by atoms with Gasteiger partial charge in [0.1, 0.15) is 5.82 Å². The highest BCUT2D eigenvalue weighted by Gasteiger charge is 2.18. The van der Waals surface area contributed by atoms with Gasteiger partial charge in [-0.3, -0.25) is 4.79 Å². The molecule has 26 heavy (non-hydrogen) atoms. The van der Waals surface area contributed by atoms with E-state index in [0.29, 0.717) is 18.2 Å². The normalized spacial score (nSPS) is 13.0. The highest BCUT2D eigenvalue weighted by Crippen LogP contribution is 2.25. The molecule has 0 bridgehead atoms. The summed E-state index contributed by atoms with van der Waals surface area (Å²) in [4.78, 5) is 19.9. The van der Waals surface area contributed by atoms with Crippen molar-refractivity contribution < 1.29 is 13.9 Å². The Morgan fingerprint density at radius 1 is 1.35 bits per heavy atom. The number of nitrogens with one attached hydrogen (secondary N) is 2. The number of halogens is 1. The Labute approximate surface area is 151 Å². The predicted octanol–water partition coefficient (Wildman–Crippen LogP) is 2.00. The van der Waals surface area contributed by atoms with Gasteiger partial charge in [0.2, 0.25) is 5.88 Å². The van der Waals surface area contributed by atoms with Gasteiger partial charge >= 0.3 is 0 Å². The van der Waals surface area contributed by atoms with Crippen LogP contribution in [0, 0.1) is 5.82 Å². The third kappa shape index (κ3) is 4.79. The summed E-state index contributed by atoms with van der Waals surface area (Å²) >= 11 is 0. The molecule has 2 rings (SSSR count). The Hall–Kier alpha value is -2.94. The van der Waals surface area contributed by atoms with Crippen LogP contribution in [0.25, 0.3) is 0 Å². The molecule has 2 aromatic rings. The van der Waals surface area contributed by atoms with Gasteiger partial charge in [-0.2, -0.15) is 0 Å². The molecule has 8 nitrogen and oxygen atoms in total. The third-order valence-corrected chi connectivity index (χ3v) is 3.68. The number of ether oxygens (including phenoxy) is 1. The van der Waals surface area contributed by atoms with Crippen LogP contribution in [0.2, 0.25) is 0 Å². The van der Waals surface area contributed by atoms with Crippen LogP contribution in [0.4, 0.5) is 21.7 Å². The first-order valence-electron chi connectivity index (χ1n) is 8.20. The van der Waals surface area contributed by atoms with E-state index in [4.69, 9.17) is 16.2 Å². The average Bonchev–Trinajstić information content (AvgIpc) is 2.57. The number of nitrogens with two attached hydrogens (primary N) is 2. The van der Waals surface area contributed by atoms with Crippen LogP contribution in [-0.4, -0.2) is 34.6 Å². The number of carbonyl (C=O) groups is 1. The number of primary amides is 1. The number of amides is 1. The van der Waals surface area contributed by atoms with E-state index in [1.54, 1.807) is 26.0 Å². The molecule has 0 saturated heterocycles. The minimum Gasteiger partial charge on any atom is -0.478 e. The van der Waals surface area contributed by atoms with Crippen molar-refractivity contribution in [1.29, 1.82) is 0 Å². The molecule has 9 heteroatoms. The SMILES string of the molecule is CCOc1cc(Nc2nc(N[C@@H](C)[C@@H](C)N)c(F)cc2C(N)=O)ccn1. The Morgan fingerprint density at radius 2 is 2.08 bits per heavy atom. The maximum absolute atomic E-state index is 14.3. The number of nitrogens with zero attached hydrogens (tertiary/aromatic N) is 2. The number of aromatic nitrogens is 2. The standard InChI is InChI=1S/C17H23FN6O2/c1-4-26-14-7-11(5-6-21-14)23-16-12(15(20)25)8-13(18)17(24-16)22-10(3)9(2)19/h5-10H,4,19H2,1-3H3,(H2,20,25)(H2,21,22,23,24)/t9-,10+/m1/s1. The van der Waals surface area contributed by atoms with Gasteiger partial charge in [0.15, 0.2) is 11.6 Å². The summed E-state index contributed by atoms with van der Waals surface area (Å²) in [5, 5.41) is 5.85. The zero-order valence-electron chi connectivity index (χ0n) is 14.9. The molecule has 2 atom stereocenters. The first-order valence-corrected chi connectivity index (χ1v) is 8.20. The highest BCUT2D eigenvalue weighted by atomic mass is 19.1. The second-order valence-corrected chi connectivity index (χ2v) is 5.81. The van der Waals surface area contributed by atoms with E-state index in [1.165, 1.54) is 6.20 Å². The van der Waals surface area contributed by atoms with Crippen molar-refractivity contribution in [3.8, 4) is 5.88 Å². The molecule has 6 N–H and O–H groups in total. The summed E-state index contributed by atoms with van der Waals surface area (Å²) in [5.74, 6) is -0.996. The van der Waals surface area contributed by atoms with E-state index in [0.717, 1.165) is 6.07 Å². The lowest BCUT2D eigenvalue weighted by molar-refractivity contribution is 0.100. The Kier molecular flexibility index (Phi) is 6.29. The fraction of sp³-hybridized carbons (Fsp3) is 0.353. The first kappa shape index (κ1) is 19.4. The fourth-order valence-corrected chi connectivity index (χ4v) is 2.07. The summed E-state index contributed by atoms with van der Waals surface area (Å²) in [6.07, 6.45) is 1.54. The van der Waals surface area contributed by atoms with Crippen LogP contribution in [0.3, 0.4) is 0 Å². The van der Waals surface area contributed by atoms with Crippen molar-refractivity contribution in [2.24, 2.45) is 11.5 Å². The molecule has 0 aliphatic heterocycles. The van der Waals surface area contributed by atoms with Crippen LogP contribution in [0.1, 0.15) is 31.1 Å². The van der Waals surface area contributed by atoms with Gasteiger partial charge in [-0.25, -0.2) is 14.4 Å². The van der Waals surface area contributed by atoms with Crippen LogP contribution in [0.5, 0.6) is 5.88 Å². The maximum atomic E-state index is 14.3. The van der Waals surface area contributed by atoms with Crippen LogP contribution in [0.15, 0.2) is 24.4 Å². The van der Waals surface area contributed by atoms with Crippen molar-refractivity contribution in [1.82, 2.24) is 9.97 Å². The number of pyridine rings is 2. The summed E-state index contributed by atoms with van der Waals surface area (Å²) in [5.41, 5.74) is 11.6. The zero-order valence-corrected chi connectivity index (χ0v) is 14.9. The second kappa shape index (κ2) is 8.43. The minimum absolute atomic E-state index is 0.0265. The number of rotatable bonds is 8. The maximum Gasteiger partial charge on any atom is 0.252 e. The summed E-state index contributed by atoms with van der Waals surface area (Å²) in [7, 11) is 0. The molecule has 0 aromatic carbocycles. The molecule has 1 amide bonds. The molecule has 2 heterocycles. The monoisotopic (exact) mass is 362 g/mol. The topological polar surface area (TPSA) is 128 Å². The quantitative estimate of drug-likeness (QED) is 0.565. The van der Waals surface area contributed by atoms with Crippen LogP contribution >= 0.6 is 0 Å². The van der Waals surface area contributed by atoms with Crippen molar-refractivity contribution in [3.63, 3.8) is 0 Å². The minimum atomic E-state index is -0.801. The Bertz CT molecular complexity index is 784. The van der Waals surface area contributed by atoms with E-state index in [-0.39, 0.29) is 29.3 Å². The number of carbonyl (C=O) groups excluding carboxylic acids is 1. The van der Waals surface area contributed by atoms with E-state index < -0.39 is 11.7 Å². The molecule has 0 radical (unpaired) electrons. The zero-order chi connectivity index (χ0) is 19.3. The van der Waals surface area contributed by atoms with Crippen molar-refractivity contribution >= 4 is 23.2 Å². The van der Waals surface area contributed by atoms with Gasteiger partial charge in [-0.1, -0.05) is 0 Å². The molecule has 0 unspecified atom stereocenters. The number of hydrogen-bond donors (Lipinski definition) is 4. The van der Waals surface area contributed by atoms with Gasteiger partial charge in [0.25, 0.3) is 5.91 Å². The first-order chi connectivity index (χ1) is 12.3. The van der Waals surface area contributed by atoms with Gasteiger partial charge in [0.05, 0.1) is 12.2 Å². The lowest BCUT2D eigenvalue weighted by Gasteiger charge is -2.20. The molecule has 2 aromatic heterocycles. The van der Waals surface area contributed by atoms with Crippen LogP contribution < -0.4 is 26.8 Å². The van der Waals surface area contributed by atoms with E-state index in [2.05, 4.69) is 20.6 Å². The smallest absolute Gasteiger partial charge is 0.252 e. The molecule has 140 valence electrons. The van der Waals surface area contributed by atoms with Gasteiger partial charge in [-0.15, -0.1) is 0 Å². The summed E-state index contributed by atoms with van der Waals surface area (Å²) < 4.78 is 19.6. The van der Waals surface area contributed by atoms with E-state index in [9.17, 15) is 9.18 Å². The van der Waals surface area contributed by atoms with Crippen LogP contribution in [-0.2, 0) is 0 Å². The molecule has 0 aliphatic carbocycles. The van der Waals surface area contributed by atoms with Crippen molar-refractivity contribution in [2.75, 3.05) is 17.2 Å². The van der Waals surface area contributed by atoms with Gasteiger partial charge < -0.3 is 26.8 Å².